The number of hydrogen-bond donors (Lipinski definition) is 0. The van der Waals surface area contributed by atoms with E-state index in [1.54, 1.807) is 0 Å². The molecule has 2 aromatic heterocycles. The van der Waals surface area contributed by atoms with E-state index in [0.29, 0.717) is 0 Å². The second-order valence-electron chi connectivity index (χ2n) is 11.7. The number of fused-ring (bicyclic) bond motifs is 12. The van der Waals surface area contributed by atoms with E-state index in [1.165, 1.54) is 91.1 Å². The Kier molecular flexibility index (Phi) is 4.94. The third kappa shape index (κ3) is 3.35. The molecule has 0 amide bonds. The molecular formula is C42H25NS. The van der Waals surface area contributed by atoms with E-state index >= 15 is 0 Å². The fourth-order valence-corrected chi connectivity index (χ4v) is 8.42. The van der Waals surface area contributed by atoms with Crippen molar-refractivity contribution in [3.63, 3.8) is 0 Å². The van der Waals surface area contributed by atoms with Crippen LogP contribution < -0.4 is 0 Å². The molecule has 2 heterocycles. The van der Waals surface area contributed by atoms with Crippen LogP contribution in [0.15, 0.2) is 152 Å². The normalized spacial score (nSPS) is 12.1. The van der Waals surface area contributed by atoms with Crippen molar-refractivity contribution in [3.8, 4) is 16.8 Å². The minimum Gasteiger partial charge on any atom is -0.309 e. The summed E-state index contributed by atoms with van der Waals surface area (Å²) in [5.41, 5.74) is 6.15. The summed E-state index contributed by atoms with van der Waals surface area (Å²) in [6.07, 6.45) is 0. The number of hydrogen-bond acceptors (Lipinski definition) is 1. The fraction of sp³-hybridized carbons (Fsp3) is 0. The van der Waals surface area contributed by atoms with Gasteiger partial charge in [-0.05, 0) is 80.5 Å². The van der Waals surface area contributed by atoms with Crippen LogP contribution in [0.4, 0.5) is 0 Å². The van der Waals surface area contributed by atoms with Crippen molar-refractivity contribution >= 4 is 85.6 Å². The van der Waals surface area contributed by atoms with Gasteiger partial charge in [0.2, 0.25) is 0 Å². The first-order valence-corrected chi connectivity index (χ1v) is 15.9. The van der Waals surface area contributed by atoms with E-state index in [-0.39, 0.29) is 0 Å². The third-order valence-corrected chi connectivity index (χ3v) is 10.5. The van der Waals surface area contributed by atoms with Crippen LogP contribution in [0.1, 0.15) is 0 Å². The molecule has 0 aliphatic rings. The highest BCUT2D eigenvalue weighted by atomic mass is 32.1. The van der Waals surface area contributed by atoms with Gasteiger partial charge in [-0.25, -0.2) is 0 Å². The zero-order valence-electron chi connectivity index (χ0n) is 23.8. The highest BCUT2D eigenvalue weighted by Crippen LogP contribution is 2.44. The summed E-state index contributed by atoms with van der Waals surface area (Å²) in [7, 11) is 0. The second-order valence-corrected chi connectivity index (χ2v) is 12.8. The summed E-state index contributed by atoms with van der Waals surface area (Å²) in [5.74, 6) is 0. The first-order valence-electron chi connectivity index (χ1n) is 15.1. The molecule has 0 aliphatic carbocycles. The number of nitrogens with zero attached hydrogens (tertiary/aromatic N) is 1. The highest BCUT2D eigenvalue weighted by molar-refractivity contribution is 7.25. The molecule has 10 rings (SSSR count). The molecule has 44 heavy (non-hydrogen) atoms. The standard InChI is InChI=1S/C42H25NS/c1-2-10-28-25-38-37(24-27(28)9-1)41-34-14-5-3-11-31(34)32-12-4-6-15-35(32)42(41)43(38)30-20-17-26(18-21-30)29-19-22-40-36(23-29)33-13-7-8-16-39(33)44-40/h1-25H. The molecule has 0 atom stereocenters. The van der Waals surface area contributed by atoms with Gasteiger partial charge in [-0.3, -0.25) is 0 Å². The number of benzene rings is 8. The molecular weight excluding hydrogens is 551 g/mol. The summed E-state index contributed by atoms with van der Waals surface area (Å²) in [4.78, 5) is 0. The number of rotatable bonds is 2. The van der Waals surface area contributed by atoms with E-state index in [4.69, 9.17) is 0 Å². The van der Waals surface area contributed by atoms with Gasteiger partial charge in [0.25, 0.3) is 0 Å². The molecule has 8 aromatic carbocycles. The average Bonchev–Trinajstić information content (AvgIpc) is 3.63. The third-order valence-electron chi connectivity index (χ3n) is 9.34. The molecule has 0 saturated carbocycles. The average molecular weight is 576 g/mol. The molecule has 0 bridgehead atoms. The van der Waals surface area contributed by atoms with Crippen LogP contribution in [0.5, 0.6) is 0 Å². The lowest BCUT2D eigenvalue weighted by molar-refractivity contribution is 1.19. The van der Waals surface area contributed by atoms with E-state index in [2.05, 4.69) is 156 Å². The summed E-state index contributed by atoms with van der Waals surface area (Å²) in [6.45, 7) is 0. The lowest BCUT2D eigenvalue weighted by Gasteiger charge is -2.13. The summed E-state index contributed by atoms with van der Waals surface area (Å²) < 4.78 is 5.17. The maximum atomic E-state index is 2.49. The Morgan fingerprint density at radius 2 is 0.977 bits per heavy atom. The summed E-state index contributed by atoms with van der Waals surface area (Å²) in [6, 6.07) is 56.0. The molecule has 0 spiro atoms. The van der Waals surface area contributed by atoms with Crippen molar-refractivity contribution in [2.24, 2.45) is 0 Å². The molecule has 2 heteroatoms. The minimum absolute atomic E-state index is 1.17. The van der Waals surface area contributed by atoms with Crippen molar-refractivity contribution in [2.75, 3.05) is 0 Å². The Morgan fingerprint density at radius 1 is 0.386 bits per heavy atom. The van der Waals surface area contributed by atoms with Crippen molar-refractivity contribution in [1.82, 2.24) is 4.57 Å². The maximum Gasteiger partial charge on any atom is 0.0625 e. The lowest BCUT2D eigenvalue weighted by Crippen LogP contribution is -1.95. The van der Waals surface area contributed by atoms with Crippen LogP contribution >= 0.6 is 11.3 Å². The monoisotopic (exact) mass is 575 g/mol. The molecule has 10 aromatic rings. The van der Waals surface area contributed by atoms with E-state index < -0.39 is 0 Å². The fourth-order valence-electron chi connectivity index (χ4n) is 7.34. The molecule has 0 saturated heterocycles. The molecule has 1 nitrogen and oxygen atoms in total. The van der Waals surface area contributed by atoms with Gasteiger partial charge < -0.3 is 4.57 Å². The van der Waals surface area contributed by atoms with Gasteiger partial charge in [0.05, 0.1) is 11.0 Å². The van der Waals surface area contributed by atoms with Gasteiger partial charge in [0.15, 0.2) is 0 Å². The van der Waals surface area contributed by atoms with Crippen molar-refractivity contribution in [2.45, 2.75) is 0 Å². The van der Waals surface area contributed by atoms with Gasteiger partial charge in [-0.2, -0.15) is 0 Å². The molecule has 0 fully saturated rings. The zero-order valence-corrected chi connectivity index (χ0v) is 24.6. The lowest BCUT2D eigenvalue weighted by atomic mass is 9.96. The second kappa shape index (κ2) is 9.03. The quantitative estimate of drug-likeness (QED) is 0.181. The Hall–Kier alpha value is -5.44. The highest BCUT2D eigenvalue weighted by Gasteiger charge is 2.19. The molecule has 0 unspecified atom stereocenters. The van der Waals surface area contributed by atoms with Gasteiger partial charge in [-0.1, -0.05) is 109 Å². The predicted octanol–water partition coefficient (Wildman–Crippen LogP) is 12.3. The van der Waals surface area contributed by atoms with Gasteiger partial charge in [0, 0.05) is 42.0 Å². The topological polar surface area (TPSA) is 4.93 Å². The summed E-state index contributed by atoms with van der Waals surface area (Å²) in [5, 5.41) is 13.0. The van der Waals surface area contributed by atoms with E-state index in [0.717, 1.165) is 0 Å². The van der Waals surface area contributed by atoms with Gasteiger partial charge in [-0.15, -0.1) is 11.3 Å². The summed E-state index contributed by atoms with van der Waals surface area (Å²) >= 11 is 1.87. The maximum absolute atomic E-state index is 2.49. The first-order chi connectivity index (χ1) is 21.8. The minimum atomic E-state index is 1.17. The van der Waals surface area contributed by atoms with Crippen LogP contribution in [0, 0.1) is 0 Å². The SMILES string of the molecule is c1ccc2cc3c(cc2c1)c1c2ccccc2c2ccccc2c1n3-c1ccc(-c2ccc3sc4ccccc4c3c2)cc1. The Labute approximate surface area is 257 Å². The predicted molar refractivity (Wildman–Crippen MR) is 192 cm³/mol. The Morgan fingerprint density at radius 3 is 1.77 bits per heavy atom. The van der Waals surface area contributed by atoms with Crippen LogP contribution in [0.25, 0.3) is 91.1 Å². The largest absolute Gasteiger partial charge is 0.309 e. The van der Waals surface area contributed by atoms with Crippen LogP contribution in [0.3, 0.4) is 0 Å². The Bertz CT molecular complexity index is 2760. The molecule has 0 aliphatic heterocycles. The molecule has 204 valence electrons. The molecule has 0 N–H and O–H groups in total. The van der Waals surface area contributed by atoms with E-state index in [1.807, 2.05) is 11.3 Å². The van der Waals surface area contributed by atoms with Crippen molar-refractivity contribution in [1.29, 1.82) is 0 Å². The van der Waals surface area contributed by atoms with Gasteiger partial charge >= 0.3 is 0 Å². The smallest absolute Gasteiger partial charge is 0.0625 e. The van der Waals surface area contributed by atoms with Crippen LogP contribution in [-0.4, -0.2) is 4.57 Å². The first kappa shape index (κ1) is 24.0. The van der Waals surface area contributed by atoms with E-state index in [9.17, 15) is 0 Å². The molecule has 0 radical (unpaired) electrons. The van der Waals surface area contributed by atoms with Gasteiger partial charge in [0.1, 0.15) is 0 Å². The zero-order chi connectivity index (χ0) is 28.8. The van der Waals surface area contributed by atoms with Crippen LogP contribution in [0.2, 0.25) is 0 Å². The van der Waals surface area contributed by atoms with Crippen molar-refractivity contribution < 1.29 is 0 Å². The van der Waals surface area contributed by atoms with Crippen molar-refractivity contribution in [3.05, 3.63) is 152 Å². The number of aromatic nitrogens is 1. The number of thiophene rings is 1. The Balaban J connectivity index is 1.26. The van der Waals surface area contributed by atoms with Crippen LogP contribution in [-0.2, 0) is 0 Å².